The zero-order valence-corrected chi connectivity index (χ0v) is 11.0. The molecule has 104 valence electrons. The number of carbonyl (C=O) groups is 1. The van der Waals surface area contributed by atoms with Gasteiger partial charge >= 0.3 is 0 Å². The maximum Gasteiger partial charge on any atom is 0.241 e. The van der Waals surface area contributed by atoms with E-state index in [1.165, 1.54) is 12.1 Å². The van der Waals surface area contributed by atoms with Crippen LogP contribution in [0.3, 0.4) is 0 Å². The summed E-state index contributed by atoms with van der Waals surface area (Å²) in [4.78, 5) is 11.5. The van der Waals surface area contributed by atoms with E-state index in [-0.39, 0.29) is 23.4 Å². The van der Waals surface area contributed by atoms with Gasteiger partial charge < -0.3 is 10.7 Å². The lowest BCUT2D eigenvalue weighted by Gasteiger charge is -2.08. The maximum absolute atomic E-state index is 11.9. The summed E-state index contributed by atoms with van der Waals surface area (Å²) in [6.45, 7) is -0.254. The van der Waals surface area contributed by atoms with Crippen LogP contribution in [0.15, 0.2) is 29.2 Å². The second kappa shape index (κ2) is 5.55. The fourth-order valence-corrected chi connectivity index (χ4v) is 2.46. The third-order valence-corrected chi connectivity index (χ3v) is 4.11. The average molecular weight is 284 g/mol. The van der Waals surface area contributed by atoms with E-state index < -0.39 is 10.0 Å². The second-order valence-corrected chi connectivity index (χ2v) is 6.10. The van der Waals surface area contributed by atoms with Crippen LogP contribution in [-0.2, 0) is 14.8 Å². The molecule has 0 bridgehead atoms. The van der Waals surface area contributed by atoms with Crippen molar-refractivity contribution in [3.63, 3.8) is 0 Å². The van der Waals surface area contributed by atoms with Crippen molar-refractivity contribution in [2.45, 2.75) is 23.8 Å². The van der Waals surface area contributed by atoms with Crippen LogP contribution >= 0.6 is 0 Å². The van der Waals surface area contributed by atoms with Crippen molar-refractivity contribution in [1.82, 2.24) is 10.0 Å². The first-order valence-electron chi connectivity index (χ1n) is 5.87. The van der Waals surface area contributed by atoms with E-state index in [0.29, 0.717) is 5.69 Å². The molecular formula is C11H16N4O3S. The Labute approximate surface area is 111 Å². The van der Waals surface area contributed by atoms with Crippen molar-refractivity contribution in [2.75, 3.05) is 12.0 Å². The second-order valence-electron chi connectivity index (χ2n) is 4.34. The van der Waals surface area contributed by atoms with Gasteiger partial charge in [-0.3, -0.25) is 10.6 Å². The molecule has 1 fully saturated rings. The van der Waals surface area contributed by atoms with Crippen LogP contribution in [0.5, 0.6) is 0 Å². The number of rotatable bonds is 6. The third kappa shape index (κ3) is 3.91. The van der Waals surface area contributed by atoms with Crippen molar-refractivity contribution >= 4 is 21.6 Å². The van der Waals surface area contributed by atoms with Crippen molar-refractivity contribution in [3.05, 3.63) is 24.3 Å². The Balaban J connectivity index is 1.94. The largest absolute Gasteiger partial charge is 0.352 e. The Morgan fingerprint density at radius 1 is 1.26 bits per heavy atom. The molecular weight excluding hydrogens is 268 g/mol. The fraction of sp³-hybridized carbons (Fsp3) is 0.364. The Hall–Kier alpha value is -1.64. The summed E-state index contributed by atoms with van der Waals surface area (Å²) in [6, 6.07) is 6.12. The van der Waals surface area contributed by atoms with Crippen LogP contribution in [0.25, 0.3) is 0 Å². The molecule has 0 aliphatic heterocycles. The average Bonchev–Trinajstić information content (AvgIpc) is 3.20. The Kier molecular flexibility index (Phi) is 4.03. The van der Waals surface area contributed by atoms with E-state index in [4.69, 9.17) is 5.84 Å². The summed E-state index contributed by atoms with van der Waals surface area (Å²) in [5, 5.41) is 2.70. The first-order valence-corrected chi connectivity index (χ1v) is 7.35. The number of nitrogens with two attached hydrogens (primary N) is 1. The normalized spacial score (nSPS) is 15.0. The van der Waals surface area contributed by atoms with Gasteiger partial charge in [0.15, 0.2) is 0 Å². The molecule has 2 rings (SSSR count). The van der Waals surface area contributed by atoms with E-state index in [2.05, 4.69) is 15.5 Å². The molecule has 1 aromatic carbocycles. The quantitative estimate of drug-likeness (QED) is 0.416. The highest BCUT2D eigenvalue weighted by molar-refractivity contribution is 7.89. The van der Waals surface area contributed by atoms with Crippen molar-refractivity contribution < 1.29 is 13.2 Å². The monoisotopic (exact) mass is 284 g/mol. The molecule has 0 aromatic heterocycles. The number of sulfonamides is 1. The third-order valence-electron chi connectivity index (χ3n) is 2.70. The molecule has 0 heterocycles. The lowest BCUT2D eigenvalue weighted by Crippen LogP contribution is -2.37. The van der Waals surface area contributed by atoms with Crippen LogP contribution in [0.4, 0.5) is 5.69 Å². The molecule has 0 saturated heterocycles. The highest BCUT2D eigenvalue weighted by Crippen LogP contribution is 2.18. The Morgan fingerprint density at radius 2 is 1.89 bits per heavy atom. The summed E-state index contributed by atoms with van der Waals surface area (Å²) in [7, 11) is -3.68. The Morgan fingerprint density at radius 3 is 2.42 bits per heavy atom. The fourth-order valence-electron chi connectivity index (χ4n) is 1.48. The topological polar surface area (TPSA) is 113 Å². The number of nitrogen functional groups attached to an aromatic ring is 1. The van der Waals surface area contributed by atoms with Crippen LogP contribution in [0.1, 0.15) is 12.8 Å². The van der Waals surface area contributed by atoms with Gasteiger partial charge in [0, 0.05) is 11.7 Å². The van der Waals surface area contributed by atoms with Gasteiger partial charge in [-0.15, -0.1) is 0 Å². The van der Waals surface area contributed by atoms with E-state index in [1.807, 2.05) is 0 Å². The molecule has 0 radical (unpaired) electrons. The molecule has 1 aliphatic rings. The minimum atomic E-state index is -3.68. The number of carbonyl (C=O) groups excluding carboxylic acids is 1. The summed E-state index contributed by atoms with van der Waals surface area (Å²) in [5.74, 6) is 4.88. The summed E-state index contributed by atoms with van der Waals surface area (Å²) >= 11 is 0. The maximum atomic E-state index is 11.9. The summed E-state index contributed by atoms with van der Waals surface area (Å²) in [5.41, 5.74) is 3.01. The number of hydrogen-bond acceptors (Lipinski definition) is 5. The minimum absolute atomic E-state index is 0.0886. The van der Waals surface area contributed by atoms with Crippen molar-refractivity contribution in [3.8, 4) is 0 Å². The molecule has 1 aromatic rings. The van der Waals surface area contributed by atoms with Gasteiger partial charge in [0.05, 0.1) is 11.4 Å². The SMILES string of the molecule is NNc1ccc(S(=O)(=O)NCC(=O)NC2CC2)cc1. The first-order chi connectivity index (χ1) is 9.01. The van der Waals surface area contributed by atoms with Crippen LogP contribution < -0.4 is 21.3 Å². The van der Waals surface area contributed by atoms with Crippen molar-refractivity contribution in [2.24, 2.45) is 5.84 Å². The number of hydrazine groups is 1. The molecule has 5 N–H and O–H groups in total. The zero-order valence-electron chi connectivity index (χ0n) is 10.2. The highest BCUT2D eigenvalue weighted by atomic mass is 32.2. The predicted octanol–water partition coefficient (Wildman–Crippen LogP) is -0.471. The van der Waals surface area contributed by atoms with Gasteiger partial charge in [-0.05, 0) is 37.1 Å². The lowest BCUT2D eigenvalue weighted by atomic mass is 10.3. The van der Waals surface area contributed by atoms with E-state index in [9.17, 15) is 13.2 Å². The van der Waals surface area contributed by atoms with Crippen molar-refractivity contribution in [1.29, 1.82) is 0 Å². The van der Waals surface area contributed by atoms with E-state index >= 15 is 0 Å². The molecule has 1 amide bonds. The molecule has 1 aliphatic carbocycles. The van der Waals surface area contributed by atoms with E-state index in [1.54, 1.807) is 12.1 Å². The molecule has 0 atom stereocenters. The number of benzene rings is 1. The van der Waals surface area contributed by atoms with Crippen LogP contribution in [0, 0.1) is 0 Å². The number of hydrogen-bond donors (Lipinski definition) is 4. The number of anilines is 1. The van der Waals surface area contributed by atoms with Gasteiger partial charge in [0.2, 0.25) is 15.9 Å². The zero-order chi connectivity index (χ0) is 13.9. The molecule has 19 heavy (non-hydrogen) atoms. The van der Waals surface area contributed by atoms with E-state index in [0.717, 1.165) is 12.8 Å². The van der Waals surface area contributed by atoms with Crippen LogP contribution in [-0.4, -0.2) is 26.9 Å². The first kappa shape index (κ1) is 13.8. The standard InChI is InChI=1S/C11H16N4O3S/c12-15-9-3-5-10(6-4-9)19(17,18)13-7-11(16)14-8-1-2-8/h3-6,8,13,15H,1-2,7,12H2,(H,14,16). The van der Waals surface area contributed by atoms with Gasteiger partial charge in [-0.1, -0.05) is 0 Å². The molecule has 7 nitrogen and oxygen atoms in total. The van der Waals surface area contributed by atoms with Gasteiger partial charge in [0.1, 0.15) is 0 Å². The minimum Gasteiger partial charge on any atom is -0.352 e. The molecule has 1 saturated carbocycles. The molecule has 8 heteroatoms. The number of nitrogens with one attached hydrogen (secondary N) is 3. The van der Waals surface area contributed by atoms with Gasteiger partial charge in [-0.25, -0.2) is 13.1 Å². The van der Waals surface area contributed by atoms with Gasteiger partial charge in [-0.2, -0.15) is 0 Å². The summed E-state index contributed by atoms with van der Waals surface area (Å²) in [6.07, 6.45) is 1.93. The Bertz CT molecular complexity index is 552. The van der Waals surface area contributed by atoms with Crippen LogP contribution in [0.2, 0.25) is 0 Å². The lowest BCUT2D eigenvalue weighted by molar-refractivity contribution is -0.120. The predicted molar refractivity (Wildman–Crippen MR) is 70.6 cm³/mol. The molecule has 0 spiro atoms. The van der Waals surface area contributed by atoms with Gasteiger partial charge in [0.25, 0.3) is 0 Å². The number of amides is 1. The summed E-state index contributed by atoms with van der Waals surface area (Å²) < 4.78 is 26.0. The smallest absolute Gasteiger partial charge is 0.241 e. The molecule has 0 unspecified atom stereocenters. The highest BCUT2D eigenvalue weighted by Gasteiger charge is 2.24.